The van der Waals surface area contributed by atoms with E-state index in [1.807, 2.05) is 0 Å². The Balaban J connectivity index is 1.46. The lowest BCUT2D eigenvalue weighted by Gasteiger charge is -2.32. The summed E-state index contributed by atoms with van der Waals surface area (Å²) < 4.78 is 104. The number of alkyl halides is 3. The first-order valence-corrected chi connectivity index (χ1v) is 12.3. The van der Waals surface area contributed by atoms with Gasteiger partial charge in [0.25, 0.3) is 0 Å². The van der Waals surface area contributed by atoms with E-state index in [2.05, 4.69) is 11.7 Å². The molecule has 2 aromatic rings. The Morgan fingerprint density at radius 2 is 1.50 bits per heavy atom. The molecule has 0 aromatic heterocycles. The summed E-state index contributed by atoms with van der Waals surface area (Å²) in [6, 6.07) is 3.68. The van der Waals surface area contributed by atoms with Gasteiger partial charge in [0.15, 0.2) is 11.6 Å². The first-order chi connectivity index (χ1) is 17.0. The third kappa shape index (κ3) is 6.52. The quantitative estimate of drug-likeness (QED) is 0.293. The Bertz CT molecular complexity index is 1010. The molecule has 0 amide bonds. The van der Waals surface area contributed by atoms with Crippen LogP contribution in [0.2, 0.25) is 0 Å². The van der Waals surface area contributed by atoms with Crippen LogP contribution in [0.3, 0.4) is 0 Å². The van der Waals surface area contributed by atoms with Gasteiger partial charge in [-0.25, -0.2) is 17.6 Å². The van der Waals surface area contributed by atoms with E-state index < -0.39 is 47.4 Å². The van der Waals surface area contributed by atoms with Crippen LogP contribution in [0.4, 0.5) is 30.7 Å². The van der Waals surface area contributed by atoms with Gasteiger partial charge in [-0.1, -0.05) is 13.3 Å². The number of ether oxygens (including phenoxy) is 2. The molecule has 0 bridgehead atoms. The van der Waals surface area contributed by atoms with Gasteiger partial charge in [0.05, 0.1) is 6.10 Å². The number of halogens is 7. The summed E-state index contributed by atoms with van der Waals surface area (Å²) in [4.78, 5) is 0. The average Bonchev–Trinajstić information content (AvgIpc) is 3.05. The topological polar surface area (TPSA) is 18.5 Å². The van der Waals surface area contributed by atoms with Gasteiger partial charge >= 0.3 is 6.36 Å². The van der Waals surface area contributed by atoms with E-state index in [-0.39, 0.29) is 17.6 Å². The van der Waals surface area contributed by atoms with Crippen molar-refractivity contribution >= 4 is 0 Å². The molecule has 0 spiro atoms. The molecule has 0 radical (unpaired) electrons. The monoisotopic (exact) mass is 518 g/mol. The van der Waals surface area contributed by atoms with Crippen LogP contribution >= 0.6 is 0 Å². The van der Waals surface area contributed by atoms with Crippen LogP contribution in [0.5, 0.6) is 5.75 Å². The third-order valence-electron chi connectivity index (χ3n) is 7.37. The molecule has 1 aliphatic heterocycles. The van der Waals surface area contributed by atoms with Crippen LogP contribution in [-0.2, 0) is 11.2 Å². The van der Waals surface area contributed by atoms with Crippen LogP contribution in [-0.4, -0.2) is 19.1 Å². The molecule has 198 valence electrons. The van der Waals surface area contributed by atoms with Crippen LogP contribution < -0.4 is 4.74 Å². The van der Waals surface area contributed by atoms with Crippen LogP contribution in [0.15, 0.2) is 24.3 Å². The highest BCUT2D eigenvalue weighted by Gasteiger charge is 2.34. The zero-order chi connectivity index (χ0) is 26.0. The number of hydrogen-bond donors (Lipinski definition) is 0. The molecular weight excluding hydrogens is 489 g/mol. The van der Waals surface area contributed by atoms with Crippen molar-refractivity contribution in [1.82, 2.24) is 0 Å². The second kappa shape index (κ2) is 11.0. The molecule has 2 nitrogen and oxygen atoms in total. The fourth-order valence-corrected chi connectivity index (χ4v) is 5.47. The third-order valence-corrected chi connectivity index (χ3v) is 7.37. The Morgan fingerprint density at radius 3 is 2.08 bits per heavy atom. The fraction of sp³-hybridized carbons (Fsp3) is 0.556. The van der Waals surface area contributed by atoms with E-state index in [4.69, 9.17) is 4.74 Å². The van der Waals surface area contributed by atoms with Gasteiger partial charge in [-0.2, -0.15) is 0 Å². The first-order valence-electron chi connectivity index (χ1n) is 12.3. The van der Waals surface area contributed by atoms with Crippen LogP contribution in [0, 0.1) is 35.1 Å². The molecule has 36 heavy (non-hydrogen) atoms. The van der Waals surface area contributed by atoms with E-state index in [9.17, 15) is 30.7 Å². The predicted octanol–water partition coefficient (Wildman–Crippen LogP) is 8.21. The lowest BCUT2D eigenvalue weighted by atomic mass is 9.86. The summed E-state index contributed by atoms with van der Waals surface area (Å²) in [5.74, 6) is -5.53. The second-order valence-electron chi connectivity index (χ2n) is 10.1. The standard InChI is InChI=1S/C27H29F7O2/c1-15-5-8-25(35-14-15)18-4-2-3-17(6-7-18)19-12-21(28)20(22(29)13-19)9-16-10-23(30)26(24(31)11-16)36-27(32,33)34/h10-13,15,17-18,25H,2-9,14H2,1H3. The molecule has 0 N–H and O–H groups in total. The maximum absolute atomic E-state index is 14.9. The van der Waals surface area contributed by atoms with E-state index >= 15 is 0 Å². The van der Waals surface area contributed by atoms with Gasteiger partial charge in [0, 0.05) is 18.6 Å². The van der Waals surface area contributed by atoms with Crippen molar-refractivity contribution < 1.29 is 40.2 Å². The highest BCUT2D eigenvalue weighted by Crippen LogP contribution is 2.39. The largest absolute Gasteiger partial charge is 0.573 e. The maximum atomic E-state index is 14.9. The molecule has 1 saturated carbocycles. The molecule has 1 aliphatic carbocycles. The van der Waals surface area contributed by atoms with Crippen molar-refractivity contribution in [2.45, 2.75) is 76.7 Å². The summed E-state index contributed by atoms with van der Waals surface area (Å²) in [5, 5.41) is 0. The maximum Gasteiger partial charge on any atom is 0.573 e. The van der Waals surface area contributed by atoms with Gasteiger partial charge in [-0.15, -0.1) is 13.2 Å². The molecule has 4 rings (SSSR count). The fourth-order valence-electron chi connectivity index (χ4n) is 5.47. The van der Waals surface area contributed by atoms with Gasteiger partial charge in [0.2, 0.25) is 5.75 Å². The summed E-state index contributed by atoms with van der Waals surface area (Å²) >= 11 is 0. The minimum atomic E-state index is -5.28. The minimum Gasteiger partial charge on any atom is -0.399 e. The van der Waals surface area contributed by atoms with Crippen LogP contribution in [0.25, 0.3) is 0 Å². The van der Waals surface area contributed by atoms with Crippen molar-refractivity contribution in [1.29, 1.82) is 0 Å². The first kappa shape index (κ1) is 26.8. The van der Waals surface area contributed by atoms with Gasteiger partial charge in [-0.3, -0.25) is 0 Å². The molecule has 1 saturated heterocycles. The Hall–Kier alpha value is -2.29. The SMILES string of the molecule is CC1CCC(C2CCCC(c3cc(F)c(Cc4cc(F)c(OC(F)(F)F)c(F)c4)c(F)c3)CC2)OC1. The summed E-state index contributed by atoms with van der Waals surface area (Å²) in [6.07, 6.45) is 1.07. The van der Waals surface area contributed by atoms with Crippen molar-refractivity contribution in [3.63, 3.8) is 0 Å². The van der Waals surface area contributed by atoms with E-state index in [0.29, 0.717) is 29.5 Å². The molecule has 9 heteroatoms. The lowest BCUT2D eigenvalue weighted by molar-refractivity contribution is -0.276. The van der Waals surface area contributed by atoms with Crippen molar-refractivity contribution in [3.05, 3.63) is 64.2 Å². The summed E-state index contributed by atoms with van der Waals surface area (Å²) in [6.45, 7) is 2.95. The van der Waals surface area contributed by atoms with Crippen molar-refractivity contribution in [2.24, 2.45) is 11.8 Å². The number of hydrogen-bond acceptors (Lipinski definition) is 2. The Morgan fingerprint density at radius 1 is 0.833 bits per heavy atom. The average molecular weight is 519 g/mol. The molecule has 1 heterocycles. The molecule has 4 unspecified atom stereocenters. The summed E-state index contributed by atoms with van der Waals surface area (Å²) in [5.41, 5.74) is -0.0821. The highest BCUT2D eigenvalue weighted by molar-refractivity contribution is 5.37. The predicted molar refractivity (Wildman–Crippen MR) is 120 cm³/mol. The molecule has 2 aromatic carbocycles. The van der Waals surface area contributed by atoms with E-state index in [1.165, 1.54) is 12.1 Å². The number of rotatable bonds is 5. The smallest absolute Gasteiger partial charge is 0.399 e. The van der Waals surface area contributed by atoms with Crippen molar-refractivity contribution in [2.75, 3.05) is 6.61 Å². The minimum absolute atomic E-state index is 0.00995. The zero-order valence-electron chi connectivity index (χ0n) is 19.9. The van der Waals surface area contributed by atoms with Crippen LogP contribution in [0.1, 0.15) is 74.5 Å². The number of benzene rings is 2. The van der Waals surface area contributed by atoms with Crippen molar-refractivity contribution in [3.8, 4) is 5.75 Å². The summed E-state index contributed by atoms with van der Waals surface area (Å²) in [7, 11) is 0. The lowest BCUT2D eigenvalue weighted by Crippen LogP contribution is -2.31. The second-order valence-corrected chi connectivity index (χ2v) is 10.1. The Kier molecular flexibility index (Phi) is 8.17. The highest BCUT2D eigenvalue weighted by atomic mass is 19.4. The molecule has 2 aliphatic rings. The van der Waals surface area contributed by atoms with Gasteiger partial charge in [-0.05, 0) is 91.7 Å². The zero-order valence-corrected chi connectivity index (χ0v) is 19.9. The molecule has 2 fully saturated rings. The Labute approximate surface area is 205 Å². The van der Waals surface area contributed by atoms with Gasteiger partial charge < -0.3 is 9.47 Å². The van der Waals surface area contributed by atoms with E-state index in [0.717, 1.165) is 51.6 Å². The molecule has 4 atom stereocenters. The van der Waals surface area contributed by atoms with Gasteiger partial charge in [0.1, 0.15) is 11.6 Å². The molecular formula is C27H29F7O2. The van der Waals surface area contributed by atoms with E-state index in [1.54, 1.807) is 0 Å². The normalized spacial score (nSPS) is 25.4.